The lowest BCUT2D eigenvalue weighted by Crippen LogP contribution is -2.41. The Labute approximate surface area is 204 Å². The fourth-order valence-corrected chi connectivity index (χ4v) is 4.56. The predicted molar refractivity (Wildman–Crippen MR) is 140 cm³/mol. The Morgan fingerprint density at radius 1 is 0.943 bits per heavy atom. The van der Waals surface area contributed by atoms with Crippen LogP contribution in [0.2, 0.25) is 0 Å². The van der Waals surface area contributed by atoms with E-state index in [0.29, 0.717) is 29.9 Å². The van der Waals surface area contributed by atoms with Crippen molar-refractivity contribution in [2.75, 3.05) is 48.3 Å². The maximum absolute atomic E-state index is 13.4. The van der Waals surface area contributed by atoms with E-state index in [2.05, 4.69) is 31.2 Å². The van der Waals surface area contributed by atoms with Gasteiger partial charge in [-0.2, -0.15) is 0 Å². The van der Waals surface area contributed by atoms with Crippen molar-refractivity contribution in [2.45, 2.75) is 25.4 Å². The highest BCUT2D eigenvalue weighted by molar-refractivity contribution is 5.78. The van der Waals surface area contributed by atoms with Crippen LogP contribution in [0.1, 0.15) is 18.4 Å². The maximum atomic E-state index is 13.4. The normalized spacial score (nSPS) is 14.9. The standard InChI is InChI=1S/C26H31FN8/c27-19-7-5-18(6-8-19)17-35-23-4-2-1-3-22(23)32-26(35)31-20-11-14-34(15-12-20)16-13-30-25-21(28)9-10-24(29)33-25/h1-10,20H,11-17,28H2,(H,31,32)(H3,29,30,33). The summed E-state index contributed by atoms with van der Waals surface area (Å²) in [5, 5.41) is 6.97. The first-order valence-electron chi connectivity index (χ1n) is 12.0. The number of nitrogen functional groups attached to an aromatic ring is 2. The van der Waals surface area contributed by atoms with E-state index >= 15 is 0 Å². The zero-order chi connectivity index (χ0) is 24.2. The number of nitrogens with zero attached hydrogens (tertiary/aromatic N) is 4. The number of likely N-dealkylation sites (tertiary alicyclic amines) is 1. The van der Waals surface area contributed by atoms with Gasteiger partial charge in [0.05, 0.1) is 23.3 Å². The average molecular weight is 475 g/mol. The number of imidazole rings is 1. The molecule has 1 saturated heterocycles. The molecule has 2 aromatic carbocycles. The summed E-state index contributed by atoms with van der Waals surface area (Å²) in [6, 6.07) is 18.6. The fraction of sp³-hybridized carbons (Fsp3) is 0.308. The van der Waals surface area contributed by atoms with Crippen molar-refractivity contribution in [1.82, 2.24) is 19.4 Å². The molecule has 5 rings (SSSR count). The molecule has 9 heteroatoms. The summed E-state index contributed by atoms with van der Waals surface area (Å²) in [4.78, 5) is 11.6. The number of nitrogens with two attached hydrogens (primary N) is 2. The number of pyridine rings is 1. The molecule has 4 aromatic rings. The third-order valence-corrected chi connectivity index (χ3v) is 6.50. The first kappa shape index (κ1) is 22.9. The van der Waals surface area contributed by atoms with Gasteiger partial charge in [-0.05, 0) is 54.8 Å². The molecule has 0 radical (unpaired) electrons. The molecule has 182 valence electrons. The first-order valence-corrected chi connectivity index (χ1v) is 12.0. The quantitative estimate of drug-likeness (QED) is 0.308. The second kappa shape index (κ2) is 10.2. The van der Waals surface area contributed by atoms with Crippen LogP contribution in [0.3, 0.4) is 0 Å². The number of para-hydroxylation sites is 2. The molecule has 0 amide bonds. The lowest BCUT2D eigenvalue weighted by atomic mass is 10.1. The average Bonchev–Trinajstić information content (AvgIpc) is 3.20. The van der Waals surface area contributed by atoms with Gasteiger partial charge in [0.15, 0.2) is 5.82 Å². The van der Waals surface area contributed by atoms with Crippen molar-refractivity contribution in [3.05, 3.63) is 72.0 Å². The molecular formula is C26H31FN8. The molecular weight excluding hydrogens is 443 g/mol. The zero-order valence-corrected chi connectivity index (χ0v) is 19.6. The minimum absolute atomic E-state index is 0.225. The molecule has 1 fully saturated rings. The Bertz CT molecular complexity index is 1280. The zero-order valence-electron chi connectivity index (χ0n) is 19.6. The van der Waals surface area contributed by atoms with Crippen molar-refractivity contribution < 1.29 is 4.39 Å². The van der Waals surface area contributed by atoms with Crippen LogP contribution in [0.15, 0.2) is 60.7 Å². The van der Waals surface area contributed by atoms with Gasteiger partial charge in [-0.1, -0.05) is 24.3 Å². The van der Waals surface area contributed by atoms with E-state index in [1.165, 1.54) is 12.1 Å². The molecule has 35 heavy (non-hydrogen) atoms. The Morgan fingerprint density at radius 3 is 2.51 bits per heavy atom. The van der Waals surface area contributed by atoms with Gasteiger partial charge in [0.1, 0.15) is 11.6 Å². The Hall–Kier alpha value is -3.85. The highest BCUT2D eigenvalue weighted by atomic mass is 19.1. The fourth-order valence-electron chi connectivity index (χ4n) is 4.56. The van der Waals surface area contributed by atoms with Gasteiger partial charge >= 0.3 is 0 Å². The molecule has 0 spiro atoms. The molecule has 1 aliphatic rings. The van der Waals surface area contributed by atoms with E-state index in [1.54, 1.807) is 12.1 Å². The summed E-state index contributed by atoms with van der Waals surface area (Å²) in [5.41, 5.74) is 15.4. The topological polar surface area (TPSA) is 110 Å². The van der Waals surface area contributed by atoms with E-state index in [4.69, 9.17) is 16.5 Å². The number of hydrogen-bond acceptors (Lipinski definition) is 7. The Morgan fingerprint density at radius 2 is 1.71 bits per heavy atom. The largest absolute Gasteiger partial charge is 0.396 e. The van der Waals surface area contributed by atoms with Crippen molar-refractivity contribution in [3.63, 3.8) is 0 Å². The summed E-state index contributed by atoms with van der Waals surface area (Å²) in [6.07, 6.45) is 2.05. The third kappa shape index (κ3) is 5.46. The van der Waals surface area contributed by atoms with Crippen molar-refractivity contribution in [1.29, 1.82) is 0 Å². The van der Waals surface area contributed by atoms with Crippen LogP contribution in [0.25, 0.3) is 11.0 Å². The van der Waals surface area contributed by atoms with Gasteiger partial charge in [-0.25, -0.2) is 14.4 Å². The van der Waals surface area contributed by atoms with Crippen LogP contribution >= 0.6 is 0 Å². The van der Waals surface area contributed by atoms with Crippen molar-refractivity contribution >= 4 is 34.3 Å². The molecule has 0 unspecified atom stereocenters. The molecule has 0 bridgehead atoms. The summed E-state index contributed by atoms with van der Waals surface area (Å²) >= 11 is 0. The first-order chi connectivity index (χ1) is 17.0. The van der Waals surface area contributed by atoms with Gasteiger partial charge in [0.2, 0.25) is 5.95 Å². The number of piperidine rings is 1. The van der Waals surface area contributed by atoms with Gasteiger partial charge in [0, 0.05) is 32.2 Å². The smallest absolute Gasteiger partial charge is 0.204 e. The Balaban J connectivity index is 1.19. The molecule has 3 heterocycles. The van der Waals surface area contributed by atoms with E-state index in [-0.39, 0.29) is 5.82 Å². The van der Waals surface area contributed by atoms with Gasteiger partial charge in [-0.15, -0.1) is 0 Å². The molecule has 2 aromatic heterocycles. The second-order valence-electron chi connectivity index (χ2n) is 9.00. The number of nitrogens with one attached hydrogen (secondary N) is 2. The number of rotatable bonds is 8. The molecule has 0 atom stereocenters. The van der Waals surface area contributed by atoms with Crippen LogP contribution in [-0.4, -0.2) is 51.7 Å². The van der Waals surface area contributed by atoms with Crippen LogP contribution in [-0.2, 0) is 6.54 Å². The maximum Gasteiger partial charge on any atom is 0.204 e. The number of benzene rings is 2. The third-order valence-electron chi connectivity index (χ3n) is 6.50. The lowest BCUT2D eigenvalue weighted by Gasteiger charge is -2.32. The SMILES string of the molecule is Nc1ccc(N)c(NCCN2CCC(Nc3nc4ccccc4n3Cc3ccc(F)cc3)CC2)n1. The van der Waals surface area contributed by atoms with Crippen molar-refractivity contribution in [2.24, 2.45) is 0 Å². The monoisotopic (exact) mass is 474 g/mol. The number of hydrogen-bond donors (Lipinski definition) is 4. The molecule has 6 N–H and O–H groups in total. The number of fused-ring (bicyclic) bond motifs is 1. The highest BCUT2D eigenvalue weighted by Gasteiger charge is 2.21. The van der Waals surface area contributed by atoms with E-state index in [1.807, 2.05) is 30.3 Å². The van der Waals surface area contributed by atoms with Gasteiger partial charge in [0.25, 0.3) is 0 Å². The molecule has 0 saturated carbocycles. The van der Waals surface area contributed by atoms with Gasteiger partial charge in [-0.3, -0.25) is 0 Å². The number of halogens is 1. The van der Waals surface area contributed by atoms with Gasteiger partial charge < -0.3 is 31.6 Å². The molecule has 0 aliphatic carbocycles. The minimum atomic E-state index is -0.225. The van der Waals surface area contributed by atoms with Crippen molar-refractivity contribution in [3.8, 4) is 0 Å². The summed E-state index contributed by atoms with van der Waals surface area (Å²) in [6.45, 7) is 4.29. The van der Waals surface area contributed by atoms with E-state index in [9.17, 15) is 4.39 Å². The summed E-state index contributed by atoms with van der Waals surface area (Å²) in [7, 11) is 0. The van der Waals surface area contributed by atoms with Crippen LogP contribution in [0, 0.1) is 5.82 Å². The van der Waals surface area contributed by atoms with E-state index in [0.717, 1.165) is 61.6 Å². The summed E-state index contributed by atoms with van der Waals surface area (Å²) in [5.74, 6) is 1.73. The van der Waals surface area contributed by atoms with E-state index < -0.39 is 0 Å². The number of aromatic nitrogens is 3. The lowest BCUT2D eigenvalue weighted by molar-refractivity contribution is 0.226. The molecule has 1 aliphatic heterocycles. The van der Waals surface area contributed by atoms with Crippen LogP contribution in [0.5, 0.6) is 0 Å². The highest BCUT2D eigenvalue weighted by Crippen LogP contribution is 2.24. The minimum Gasteiger partial charge on any atom is -0.396 e. The predicted octanol–water partition coefficient (Wildman–Crippen LogP) is 3.77. The molecule has 8 nitrogen and oxygen atoms in total. The second-order valence-corrected chi connectivity index (χ2v) is 9.00. The van der Waals surface area contributed by atoms with Crippen LogP contribution in [0.4, 0.5) is 27.7 Å². The summed E-state index contributed by atoms with van der Waals surface area (Å²) < 4.78 is 15.6. The Kier molecular flexibility index (Phi) is 6.67. The van der Waals surface area contributed by atoms with Crippen LogP contribution < -0.4 is 22.1 Å². The number of anilines is 4.